The summed E-state index contributed by atoms with van der Waals surface area (Å²) >= 11 is 0. The normalized spacial score (nSPS) is 28.1. The molecule has 0 aromatic carbocycles. The summed E-state index contributed by atoms with van der Waals surface area (Å²) in [6.45, 7) is 1.73. The Morgan fingerprint density at radius 1 is 1.50 bits per heavy atom. The highest BCUT2D eigenvalue weighted by atomic mass is 16.2. The van der Waals surface area contributed by atoms with E-state index in [1.807, 2.05) is 19.1 Å². The van der Waals surface area contributed by atoms with Crippen LogP contribution in [0, 0.1) is 28.1 Å². The Balaban J connectivity index is 2.82. The number of carbonyl (C=O) groups excluding carboxylic acids is 1. The standard InChI is InChI=1S/C11H16N4O/c1-11(4-2-3-9(11)14)10(16)15(7-5-12)8-6-13/h9H,2-4,7-8,14H2,1H3. The molecule has 16 heavy (non-hydrogen) atoms. The Bertz CT molecular complexity index is 338. The quantitative estimate of drug-likeness (QED) is 0.695. The average Bonchev–Trinajstić information content (AvgIpc) is 2.59. The molecule has 86 valence electrons. The van der Waals surface area contributed by atoms with Gasteiger partial charge in [-0.2, -0.15) is 10.5 Å². The molecule has 0 aliphatic heterocycles. The molecule has 1 saturated carbocycles. The van der Waals surface area contributed by atoms with Crippen LogP contribution < -0.4 is 5.73 Å². The Morgan fingerprint density at radius 2 is 2.06 bits per heavy atom. The third-order valence-electron chi connectivity index (χ3n) is 3.33. The highest BCUT2D eigenvalue weighted by molar-refractivity contribution is 5.84. The van der Waals surface area contributed by atoms with Crippen molar-refractivity contribution in [2.45, 2.75) is 32.2 Å². The van der Waals surface area contributed by atoms with Crippen LogP contribution in [-0.2, 0) is 4.79 Å². The number of nitriles is 2. The van der Waals surface area contributed by atoms with Crippen LogP contribution in [0.3, 0.4) is 0 Å². The summed E-state index contributed by atoms with van der Waals surface area (Å²) in [6.07, 6.45) is 2.49. The lowest BCUT2D eigenvalue weighted by atomic mass is 9.83. The molecule has 5 heteroatoms. The van der Waals surface area contributed by atoms with Gasteiger partial charge in [-0.05, 0) is 19.8 Å². The SMILES string of the molecule is CC1(C(=O)N(CC#N)CC#N)CCCC1N. The first-order valence-electron chi connectivity index (χ1n) is 5.35. The van der Waals surface area contributed by atoms with E-state index in [2.05, 4.69) is 0 Å². The summed E-state index contributed by atoms with van der Waals surface area (Å²) in [5, 5.41) is 17.2. The van der Waals surface area contributed by atoms with E-state index < -0.39 is 5.41 Å². The van der Waals surface area contributed by atoms with Crippen LogP contribution in [0.5, 0.6) is 0 Å². The minimum atomic E-state index is -0.603. The second-order valence-corrected chi connectivity index (χ2v) is 4.39. The highest BCUT2D eigenvalue weighted by Crippen LogP contribution is 2.38. The fourth-order valence-electron chi connectivity index (χ4n) is 2.19. The van der Waals surface area contributed by atoms with Crippen molar-refractivity contribution in [2.75, 3.05) is 13.1 Å². The number of hydrogen-bond acceptors (Lipinski definition) is 4. The maximum absolute atomic E-state index is 12.2. The number of hydrogen-bond donors (Lipinski definition) is 1. The lowest BCUT2D eigenvalue weighted by Crippen LogP contribution is -2.49. The summed E-state index contributed by atoms with van der Waals surface area (Å²) in [5.41, 5.74) is 5.33. The lowest BCUT2D eigenvalue weighted by Gasteiger charge is -2.32. The largest absolute Gasteiger partial charge is 0.327 e. The van der Waals surface area contributed by atoms with Gasteiger partial charge in [0.05, 0.1) is 17.6 Å². The Labute approximate surface area is 95.4 Å². The molecular formula is C11H16N4O. The molecule has 2 N–H and O–H groups in total. The predicted octanol–water partition coefficient (Wildman–Crippen LogP) is 0.380. The van der Waals surface area contributed by atoms with E-state index in [9.17, 15) is 4.79 Å². The first kappa shape index (κ1) is 12.5. The van der Waals surface area contributed by atoms with Crippen molar-refractivity contribution in [3.05, 3.63) is 0 Å². The molecule has 0 spiro atoms. The minimum absolute atomic E-state index is 0.0469. The predicted molar refractivity (Wildman–Crippen MR) is 57.7 cm³/mol. The Morgan fingerprint density at radius 3 is 2.44 bits per heavy atom. The zero-order valence-electron chi connectivity index (χ0n) is 9.44. The van der Waals surface area contributed by atoms with Gasteiger partial charge in [-0.15, -0.1) is 0 Å². The first-order valence-corrected chi connectivity index (χ1v) is 5.35. The van der Waals surface area contributed by atoms with E-state index in [1.165, 1.54) is 4.90 Å². The van der Waals surface area contributed by atoms with E-state index in [-0.39, 0.29) is 25.0 Å². The summed E-state index contributed by atoms with van der Waals surface area (Å²) in [4.78, 5) is 13.5. The van der Waals surface area contributed by atoms with Gasteiger partial charge in [0.1, 0.15) is 13.1 Å². The molecule has 1 fully saturated rings. The fourth-order valence-corrected chi connectivity index (χ4v) is 2.19. The van der Waals surface area contributed by atoms with Gasteiger partial charge in [0.2, 0.25) is 5.91 Å². The van der Waals surface area contributed by atoms with Crippen molar-refractivity contribution < 1.29 is 4.79 Å². The second-order valence-electron chi connectivity index (χ2n) is 4.39. The molecule has 0 heterocycles. The van der Waals surface area contributed by atoms with Gasteiger partial charge in [0.15, 0.2) is 0 Å². The molecule has 0 aromatic heterocycles. The summed E-state index contributed by atoms with van der Waals surface area (Å²) in [7, 11) is 0. The van der Waals surface area contributed by atoms with Crippen LogP contribution in [0.1, 0.15) is 26.2 Å². The third kappa shape index (κ3) is 2.15. The van der Waals surface area contributed by atoms with E-state index in [0.29, 0.717) is 0 Å². The number of nitrogens with zero attached hydrogens (tertiary/aromatic N) is 3. The van der Waals surface area contributed by atoms with Gasteiger partial charge in [-0.1, -0.05) is 6.42 Å². The molecule has 1 aliphatic rings. The maximum Gasteiger partial charge on any atom is 0.231 e. The van der Waals surface area contributed by atoms with Crippen LogP contribution in [0.25, 0.3) is 0 Å². The molecule has 2 atom stereocenters. The van der Waals surface area contributed by atoms with Crippen LogP contribution in [0.2, 0.25) is 0 Å². The molecule has 0 bridgehead atoms. The Hall–Kier alpha value is -1.59. The number of nitrogens with two attached hydrogens (primary N) is 1. The van der Waals surface area contributed by atoms with Crippen LogP contribution in [0.4, 0.5) is 0 Å². The summed E-state index contributed by atoms with van der Waals surface area (Å²) in [5.74, 6) is -0.166. The molecule has 0 radical (unpaired) electrons. The Kier molecular flexibility index (Phi) is 3.87. The monoisotopic (exact) mass is 220 g/mol. The first-order chi connectivity index (χ1) is 7.56. The second kappa shape index (κ2) is 4.96. The summed E-state index contributed by atoms with van der Waals surface area (Å²) < 4.78 is 0. The van der Waals surface area contributed by atoms with Gasteiger partial charge >= 0.3 is 0 Å². The van der Waals surface area contributed by atoms with Crippen molar-refractivity contribution in [1.82, 2.24) is 4.90 Å². The number of rotatable bonds is 3. The van der Waals surface area contributed by atoms with Gasteiger partial charge in [0.25, 0.3) is 0 Å². The average molecular weight is 220 g/mol. The van der Waals surface area contributed by atoms with E-state index in [1.54, 1.807) is 0 Å². The minimum Gasteiger partial charge on any atom is -0.327 e. The topological polar surface area (TPSA) is 93.9 Å². The zero-order chi connectivity index (χ0) is 12.2. The van der Waals surface area contributed by atoms with Crippen LogP contribution in [0.15, 0.2) is 0 Å². The van der Waals surface area contributed by atoms with Gasteiger partial charge in [-0.3, -0.25) is 4.79 Å². The zero-order valence-corrected chi connectivity index (χ0v) is 9.44. The molecule has 1 aliphatic carbocycles. The smallest absolute Gasteiger partial charge is 0.231 e. The van der Waals surface area contributed by atoms with Crippen molar-refractivity contribution in [2.24, 2.45) is 11.1 Å². The molecule has 1 amide bonds. The van der Waals surface area contributed by atoms with Crippen molar-refractivity contribution in [3.8, 4) is 12.1 Å². The van der Waals surface area contributed by atoms with E-state index >= 15 is 0 Å². The van der Waals surface area contributed by atoms with Crippen molar-refractivity contribution in [1.29, 1.82) is 10.5 Å². The van der Waals surface area contributed by atoms with Gasteiger partial charge in [-0.25, -0.2) is 0 Å². The molecule has 5 nitrogen and oxygen atoms in total. The van der Waals surface area contributed by atoms with Gasteiger partial charge < -0.3 is 10.6 Å². The number of amides is 1. The van der Waals surface area contributed by atoms with Crippen LogP contribution >= 0.6 is 0 Å². The van der Waals surface area contributed by atoms with Crippen molar-refractivity contribution in [3.63, 3.8) is 0 Å². The molecule has 0 saturated heterocycles. The highest BCUT2D eigenvalue weighted by Gasteiger charge is 2.44. The van der Waals surface area contributed by atoms with E-state index in [4.69, 9.17) is 16.3 Å². The van der Waals surface area contributed by atoms with Crippen LogP contribution in [-0.4, -0.2) is 29.9 Å². The molecule has 0 aromatic rings. The number of carbonyl (C=O) groups is 1. The van der Waals surface area contributed by atoms with E-state index in [0.717, 1.165) is 19.3 Å². The van der Waals surface area contributed by atoms with Crippen molar-refractivity contribution >= 4 is 5.91 Å². The lowest BCUT2D eigenvalue weighted by molar-refractivity contribution is -0.140. The fraction of sp³-hybridized carbons (Fsp3) is 0.727. The molecule has 1 rings (SSSR count). The maximum atomic E-state index is 12.2. The molecular weight excluding hydrogens is 204 g/mol. The third-order valence-corrected chi connectivity index (χ3v) is 3.33. The van der Waals surface area contributed by atoms with Gasteiger partial charge in [0, 0.05) is 6.04 Å². The summed E-state index contributed by atoms with van der Waals surface area (Å²) in [6, 6.07) is 3.64. The molecule has 2 unspecified atom stereocenters.